The van der Waals surface area contributed by atoms with Crippen molar-refractivity contribution < 1.29 is 33.8 Å². The van der Waals surface area contributed by atoms with E-state index in [0.717, 1.165) is 6.42 Å². The molecule has 9 nitrogen and oxygen atoms in total. The van der Waals surface area contributed by atoms with Crippen LogP contribution in [0.2, 0.25) is 0 Å². The number of rotatable bonds is 8. The van der Waals surface area contributed by atoms with Crippen LogP contribution in [0, 0.1) is 23.2 Å². The standard InChI is InChI=1S/C23H30N2O7/c1-13-16-9-15(22(16,2)3)10-17(13)32-18(26)11-23(19(24)27,20(28)29)25-21(30)31-12-14-7-5-4-6-8-14/h4-8,13,15-17H,9-12H2,1-3H3,(H2,24,27)(H,25,30)(H,28,29). The molecule has 0 spiro atoms. The molecule has 0 radical (unpaired) electrons. The van der Waals surface area contributed by atoms with Gasteiger partial charge in [0.05, 0.1) is 6.42 Å². The Balaban J connectivity index is 1.64. The molecule has 2 bridgehead atoms. The van der Waals surface area contributed by atoms with Gasteiger partial charge in [0.1, 0.15) is 12.7 Å². The normalized spacial score (nSPS) is 27.2. The second-order valence-corrected chi connectivity index (χ2v) is 9.42. The quantitative estimate of drug-likeness (QED) is 0.410. The van der Waals surface area contributed by atoms with E-state index in [1.165, 1.54) is 0 Å². The van der Waals surface area contributed by atoms with Gasteiger partial charge in [-0.2, -0.15) is 0 Å². The minimum atomic E-state index is -2.68. The fourth-order valence-electron chi connectivity index (χ4n) is 5.05. The van der Waals surface area contributed by atoms with Crippen molar-refractivity contribution in [3.8, 4) is 0 Å². The number of nitrogens with two attached hydrogens (primary N) is 1. The van der Waals surface area contributed by atoms with E-state index in [1.54, 1.807) is 30.3 Å². The van der Waals surface area contributed by atoms with Crippen LogP contribution < -0.4 is 11.1 Å². The van der Waals surface area contributed by atoms with Gasteiger partial charge in [0.25, 0.3) is 5.91 Å². The first-order valence-electron chi connectivity index (χ1n) is 10.7. The largest absolute Gasteiger partial charge is 0.479 e. The van der Waals surface area contributed by atoms with E-state index in [-0.39, 0.29) is 24.0 Å². The molecule has 174 valence electrons. The molecule has 9 heteroatoms. The number of alkyl carbamates (subject to hydrolysis) is 1. The Morgan fingerprint density at radius 1 is 1.19 bits per heavy atom. The van der Waals surface area contributed by atoms with Crippen LogP contribution in [0.1, 0.15) is 45.6 Å². The second kappa shape index (κ2) is 8.80. The Morgan fingerprint density at radius 2 is 1.84 bits per heavy atom. The summed E-state index contributed by atoms with van der Waals surface area (Å²) in [7, 11) is 0. The van der Waals surface area contributed by atoms with Gasteiger partial charge < -0.3 is 20.3 Å². The van der Waals surface area contributed by atoms with Crippen LogP contribution >= 0.6 is 0 Å². The number of carbonyl (C=O) groups excluding carboxylic acids is 3. The van der Waals surface area contributed by atoms with Crippen LogP contribution in [0.25, 0.3) is 0 Å². The molecular weight excluding hydrogens is 416 g/mol. The Labute approximate surface area is 186 Å². The van der Waals surface area contributed by atoms with Gasteiger partial charge in [-0.3, -0.25) is 14.9 Å². The lowest BCUT2D eigenvalue weighted by atomic mass is 9.45. The molecule has 0 saturated heterocycles. The summed E-state index contributed by atoms with van der Waals surface area (Å²) in [5, 5.41) is 11.6. The molecule has 3 saturated carbocycles. The number of esters is 1. The fraction of sp³-hybridized carbons (Fsp3) is 0.565. The lowest BCUT2D eigenvalue weighted by molar-refractivity contribution is -0.188. The molecule has 0 aliphatic heterocycles. The summed E-state index contributed by atoms with van der Waals surface area (Å²) in [5.41, 5.74) is 3.47. The maximum absolute atomic E-state index is 12.6. The average Bonchev–Trinajstić information content (AvgIpc) is 2.73. The highest BCUT2D eigenvalue weighted by Gasteiger charge is 2.57. The SMILES string of the molecule is CC1C(OC(=O)CC(NC(=O)OCc2ccccc2)(C(N)=O)C(=O)O)CC2CC1C2(C)C. The number of carboxylic acids is 1. The number of aliphatic carboxylic acids is 1. The first-order chi connectivity index (χ1) is 15.0. The van der Waals surface area contributed by atoms with Crippen molar-refractivity contribution in [2.24, 2.45) is 28.9 Å². The lowest BCUT2D eigenvalue weighted by Gasteiger charge is -2.61. The summed E-state index contributed by atoms with van der Waals surface area (Å²) < 4.78 is 10.6. The van der Waals surface area contributed by atoms with Gasteiger partial charge in [-0.15, -0.1) is 0 Å². The predicted octanol–water partition coefficient (Wildman–Crippen LogP) is 2.23. The highest BCUT2D eigenvalue weighted by Crippen LogP contribution is 2.61. The summed E-state index contributed by atoms with van der Waals surface area (Å²) in [6, 6.07) is 8.69. The second-order valence-electron chi connectivity index (χ2n) is 9.42. The molecule has 3 aliphatic rings. The van der Waals surface area contributed by atoms with Gasteiger partial charge in [0.15, 0.2) is 0 Å². The highest BCUT2D eigenvalue weighted by molar-refractivity contribution is 6.10. The highest BCUT2D eigenvalue weighted by atomic mass is 16.6. The molecule has 2 amide bonds. The summed E-state index contributed by atoms with van der Waals surface area (Å²) in [6.07, 6.45) is -0.725. The number of ether oxygens (including phenoxy) is 2. The number of hydrogen-bond donors (Lipinski definition) is 3. The topological polar surface area (TPSA) is 145 Å². The summed E-state index contributed by atoms with van der Waals surface area (Å²) in [6.45, 7) is 6.27. The van der Waals surface area contributed by atoms with Gasteiger partial charge in [-0.05, 0) is 41.6 Å². The third-order valence-electron chi connectivity index (χ3n) is 7.29. The van der Waals surface area contributed by atoms with Crippen LogP contribution in [-0.2, 0) is 30.5 Å². The lowest BCUT2D eigenvalue weighted by Crippen LogP contribution is -2.64. The molecular formula is C23H30N2O7. The Bertz CT molecular complexity index is 885. The molecule has 5 unspecified atom stereocenters. The molecule has 3 fully saturated rings. The summed E-state index contributed by atoms with van der Waals surface area (Å²) >= 11 is 0. The summed E-state index contributed by atoms with van der Waals surface area (Å²) in [5.74, 6) is -3.13. The van der Waals surface area contributed by atoms with Gasteiger partial charge in [-0.25, -0.2) is 9.59 Å². The van der Waals surface area contributed by atoms with Crippen LogP contribution in [-0.4, -0.2) is 40.7 Å². The molecule has 0 aromatic heterocycles. The third-order valence-corrected chi connectivity index (χ3v) is 7.29. The number of carbonyl (C=O) groups is 4. The zero-order chi connectivity index (χ0) is 23.7. The summed E-state index contributed by atoms with van der Waals surface area (Å²) in [4.78, 5) is 48.9. The van der Waals surface area contributed by atoms with Crippen LogP contribution in [0.5, 0.6) is 0 Å². The van der Waals surface area contributed by atoms with Crippen molar-refractivity contribution in [3.05, 3.63) is 35.9 Å². The van der Waals surface area contributed by atoms with Gasteiger partial charge >= 0.3 is 18.0 Å². The van der Waals surface area contributed by atoms with E-state index >= 15 is 0 Å². The van der Waals surface area contributed by atoms with Gasteiger partial charge in [0, 0.05) is 0 Å². The zero-order valence-electron chi connectivity index (χ0n) is 18.5. The maximum atomic E-state index is 12.6. The molecule has 1 aromatic carbocycles. The van der Waals surface area contributed by atoms with Crippen molar-refractivity contribution in [3.63, 3.8) is 0 Å². The number of amides is 2. The van der Waals surface area contributed by atoms with Crippen LogP contribution in [0.15, 0.2) is 30.3 Å². The van der Waals surface area contributed by atoms with Crippen LogP contribution in [0.4, 0.5) is 4.79 Å². The van der Waals surface area contributed by atoms with Gasteiger partial charge in [-0.1, -0.05) is 51.1 Å². The minimum absolute atomic E-state index is 0.107. The fourth-order valence-corrected chi connectivity index (χ4v) is 5.05. The van der Waals surface area contributed by atoms with Crippen molar-refractivity contribution in [2.75, 3.05) is 0 Å². The number of benzene rings is 1. The maximum Gasteiger partial charge on any atom is 0.408 e. The molecule has 5 atom stereocenters. The van der Waals surface area contributed by atoms with E-state index in [4.69, 9.17) is 15.2 Å². The van der Waals surface area contributed by atoms with Crippen molar-refractivity contribution in [2.45, 2.75) is 58.3 Å². The number of primary amides is 1. The van der Waals surface area contributed by atoms with Crippen molar-refractivity contribution in [1.29, 1.82) is 0 Å². The first-order valence-corrected chi connectivity index (χ1v) is 10.7. The zero-order valence-corrected chi connectivity index (χ0v) is 18.5. The number of fused-ring (bicyclic) bond motifs is 2. The van der Waals surface area contributed by atoms with Crippen LogP contribution in [0.3, 0.4) is 0 Å². The molecule has 4 rings (SSSR count). The number of carboxylic acid groups (broad SMARTS) is 1. The van der Waals surface area contributed by atoms with E-state index in [2.05, 4.69) is 13.8 Å². The smallest absolute Gasteiger partial charge is 0.408 e. The Hall–Kier alpha value is -3.10. The van der Waals surface area contributed by atoms with E-state index in [0.29, 0.717) is 23.8 Å². The van der Waals surface area contributed by atoms with Gasteiger partial charge in [0.2, 0.25) is 5.54 Å². The predicted molar refractivity (Wildman–Crippen MR) is 113 cm³/mol. The van der Waals surface area contributed by atoms with E-state index in [9.17, 15) is 24.3 Å². The van der Waals surface area contributed by atoms with Crippen molar-refractivity contribution in [1.82, 2.24) is 5.32 Å². The minimum Gasteiger partial charge on any atom is -0.479 e. The third kappa shape index (κ3) is 4.42. The number of nitrogens with one attached hydrogen (secondary N) is 1. The average molecular weight is 447 g/mol. The molecule has 3 aliphatic carbocycles. The monoisotopic (exact) mass is 446 g/mol. The Morgan fingerprint density at radius 3 is 2.38 bits per heavy atom. The first kappa shape index (κ1) is 23.6. The number of hydrogen-bond acceptors (Lipinski definition) is 6. The molecule has 4 N–H and O–H groups in total. The van der Waals surface area contributed by atoms with E-state index in [1.807, 2.05) is 12.2 Å². The Kier molecular flexibility index (Phi) is 6.48. The molecule has 32 heavy (non-hydrogen) atoms. The van der Waals surface area contributed by atoms with E-state index < -0.39 is 35.9 Å². The molecule has 0 heterocycles. The van der Waals surface area contributed by atoms with Crippen molar-refractivity contribution >= 4 is 23.9 Å². The molecule has 1 aromatic rings.